The van der Waals surface area contributed by atoms with Crippen LogP contribution in [0.15, 0.2) is 17.1 Å². The van der Waals surface area contributed by atoms with Crippen LogP contribution in [-0.2, 0) is 4.74 Å². The lowest BCUT2D eigenvalue weighted by atomic mass is 9.96. The summed E-state index contributed by atoms with van der Waals surface area (Å²) in [5.41, 5.74) is 5.29. The van der Waals surface area contributed by atoms with Gasteiger partial charge in [-0.3, -0.25) is 9.78 Å². The molecule has 5 atom stereocenters. The van der Waals surface area contributed by atoms with Gasteiger partial charge in [-0.2, -0.15) is 4.98 Å². The first-order valence-corrected chi connectivity index (χ1v) is 7.80. The number of aromatic amines is 1. The number of H-pyrrole nitrogens is 1. The van der Waals surface area contributed by atoms with Crippen LogP contribution in [0.25, 0.3) is 11.0 Å². The number of ether oxygens (including phenoxy) is 1. The Morgan fingerprint density at radius 1 is 1.68 bits per heavy atom. The number of aliphatic hydroxyl groups is 2. The molecule has 134 valence electrons. The maximum Gasteiger partial charge on any atom is 0.261 e. The van der Waals surface area contributed by atoms with Crippen LogP contribution in [0.4, 0.5) is 10.3 Å². The Bertz CT molecular complexity index is 918. The van der Waals surface area contributed by atoms with E-state index in [0.29, 0.717) is 0 Å². The molecule has 25 heavy (non-hydrogen) atoms. The number of nitrogens with one attached hydrogen (secondary N) is 1. The average Bonchev–Trinajstić information content (AvgIpc) is 3.06. The van der Waals surface area contributed by atoms with E-state index in [0.717, 1.165) is 0 Å². The third-order valence-corrected chi connectivity index (χ3v) is 4.57. The van der Waals surface area contributed by atoms with Crippen LogP contribution in [0.1, 0.15) is 13.2 Å². The SMILES string of the molecule is C[C@H](O)[C@H]1O[C@@H](n2ccc3c(=O)[nH]c(N)nc32)[C@@](Cl)(C#CCF)C1O. The largest absolute Gasteiger partial charge is 0.391 e. The first-order valence-electron chi connectivity index (χ1n) is 7.42. The van der Waals surface area contributed by atoms with E-state index in [1.54, 1.807) is 0 Å². The van der Waals surface area contributed by atoms with Crippen molar-refractivity contribution in [2.45, 2.75) is 36.3 Å². The monoisotopic (exact) mass is 370 g/mol. The summed E-state index contributed by atoms with van der Waals surface area (Å²) in [6.45, 7) is 0.454. The predicted octanol–water partition coefficient (Wildman–Crippen LogP) is -0.104. The number of nitrogens with two attached hydrogens (primary N) is 1. The van der Waals surface area contributed by atoms with Crippen molar-refractivity contribution in [3.8, 4) is 11.8 Å². The Hall–Kier alpha value is -2.12. The van der Waals surface area contributed by atoms with Crippen LogP contribution in [0.2, 0.25) is 0 Å². The smallest absolute Gasteiger partial charge is 0.261 e. The Morgan fingerprint density at radius 2 is 2.40 bits per heavy atom. The zero-order chi connectivity index (χ0) is 18.4. The summed E-state index contributed by atoms with van der Waals surface area (Å²) in [6.07, 6.45) is -3.19. The van der Waals surface area contributed by atoms with Gasteiger partial charge in [0.15, 0.2) is 16.7 Å². The molecule has 3 rings (SSSR count). The maximum absolute atomic E-state index is 12.5. The van der Waals surface area contributed by atoms with E-state index in [2.05, 4.69) is 21.8 Å². The number of nitrogens with zero attached hydrogens (tertiary/aromatic N) is 2. The minimum atomic E-state index is -1.75. The number of aliphatic hydroxyl groups excluding tert-OH is 2. The highest BCUT2D eigenvalue weighted by atomic mass is 35.5. The third-order valence-electron chi connectivity index (χ3n) is 4.06. The molecular weight excluding hydrogens is 355 g/mol. The van der Waals surface area contributed by atoms with Crippen LogP contribution in [-0.4, -0.2) is 54.6 Å². The standard InChI is InChI=1S/C15H16ClFN4O4/c1-7(22)9-10(23)15(16,4-2-5-17)13(25-9)21-6-3-8-11(21)19-14(18)20-12(8)24/h3,6-7,9-10,13,22-23H,5H2,1H3,(H3,18,19,20,24)/t7-,9+,10?,13+,15+/m0/s1. The van der Waals surface area contributed by atoms with Gasteiger partial charge in [0, 0.05) is 6.20 Å². The minimum Gasteiger partial charge on any atom is -0.391 e. The molecule has 1 aliphatic rings. The molecule has 0 spiro atoms. The molecule has 0 bridgehead atoms. The van der Waals surface area contributed by atoms with Crippen LogP contribution in [0, 0.1) is 11.8 Å². The number of hydrogen-bond acceptors (Lipinski definition) is 6. The summed E-state index contributed by atoms with van der Waals surface area (Å²) in [6, 6.07) is 1.48. The van der Waals surface area contributed by atoms with Gasteiger partial charge in [-0.1, -0.05) is 23.4 Å². The van der Waals surface area contributed by atoms with Gasteiger partial charge < -0.3 is 25.3 Å². The molecule has 1 saturated heterocycles. The number of halogens is 2. The fourth-order valence-electron chi connectivity index (χ4n) is 2.91. The van der Waals surface area contributed by atoms with Crippen molar-refractivity contribution in [1.29, 1.82) is 0 Å². The molecule has 0 aromatic carbocycles. The Morgan fingerprint density at radius 3 is 3.04 bits per heavy atom. The van der Waals surface area contributed by atoms with Gasteiger partial charge in [0.2, 0.25) is 5.95 Å². The lowest BCUT2D eigenvalue weighted by Crippen LogP contribution is -2.43. The number of aromatic nitrogens is 3. The molecule has 3 heterocycles. The molecule has 0 amide bonds. The van der Waals surface area contributed by atoms with Gasteiger partial charge in [0.25, 0.3) is 5.56 Å². The van der Waals surface area contributed by atoms with Gasteiger partial charge in [-0.15, -0.1) is 0 Å². The number of rotatable bonds is 2. The summed E-state index contributed by atoms with van der Waals surface area (Å²) in [5, 5.41) is 20.5. The summed E-state index contributed by atoms with van der Waals surface area (Å²) in [5.74, 6) is 4.54. The third kappa shape index (κ3) is 2.77. The van der Waals surface area contributed by atoms with Gasteiger partial charge >= 0.3 is 0 Å². The first-order chi connectivity index (χ1) is 11.8. The quantitative estimate of drug-likeness (QED) is 0.432. The number of fused-ring (bicyclic) bond motifs is 1. The molecule has 1 aliphatic heterocycles. The van der Waals surface area contributed by atoms with Crippen LogP contribution >= 0.6 is 11.6 Å². The summed E-state index contributed by atoms with van der Waals surface area (Å²) >= 11 is 6.48. The fraction of sp³-hybridized carbons (Fsp3) is 0.467. The average molecular weight is 371 g/mol. The summed E-state index contributed by atoms with van der Waals surface area (Å²) in [7, 11) is 0. The van der Waals surface area contributed by atoms with E-state index in [9.17, 15) is 19.4 Å². The molecule has 10 heteroatoms. The van der Waals surface area contributed by atoms with E-state index in [4.69, 9.17) is 22.1 Å². The molecule has 0 saturated carbocycles. The molecule has 2 aromatic heterocycles. The predicted molar refractivity (Wildman–Crippen MR) is 88.7 cm³/mol. The highest BCUT2D eigenvalue weighted by Gasteiger charge is 2.57. The van der Waals surface area contributed by atoms with Crippen molar-refractivity contribution in [3.05, 3.63) is 22.6 Å². The lowest BCUT2D eigenvalue weighted by molar-refractivity contribution is -0.0751. The van der Waals surface area contributed by atoms with Gasteiger partial charge in [-0.05, 0) is 13.0 Å². The van der Waals surface area contributed by atoms with Crippen LogP contribution in [0.3, 0.4) is 0 Å². The Labute approximate surface area is 146 Å². The van der Waals surface area contributed by atoms with Crippen molar-refractivity contribution >= 4 is 28.6 Å². The summed E-state index contributed by atoms with van der Waals surface area (Å²) < 4.78 is 19.6. The number of anilines is 1. The second kappa shape index (κ2) is 6.31. The van der Waals surface area contributed by atoms with E-state index in [1.165, 1.54) is 23.8 Å². The van der Waals surface area contributed by atoms with Crippen molar-refractivity contribution in [3.63, 3.8) is 0 Å². The van der Waals surface area contributed by atoms with Crippen molar-refractivity contribution in [2.75, 3.05) is 12.4 Å². The topological polar surface area (TPSA) is 126 Å². The van der Waals surface area contributed by atoms with E-state index >= 15 is 0 Å². The highest BCUT2D eigenvalue weighted by molar-refractivity contribution is 6.27. The molecular formula is C15H16ClFN4O4. The van der Waals surface area contributed by atoms with E-state index in [1.807, 2.05) is 0 Å². The molecule has 0 aliphatic carbocycles. The fourth-order valence-corrected chi connectivity index (χ4v) is 3.25. The summed E-state index contributed by atoms with van der Waals surface area (Å²) in [4.78, 5) is 16.6. The number of alkyl halides is 2. The molecule has 8 nitrogen and oxygen atoms in total. The minimum absolute atomic E-state index is 0.113. The van der Waals surface area contributed by atoms with E-state index in [-0.39, 0.29) is 17.0 Å². The van der Waals surface area contributed by atoms with Crippen molar-refractivity contribution in [2.24, 2.45) is 0 Å². The van der Waals surface area contributed by atoms with Gasteiger partial charge in [0.05, 0.1) is 11.5 Å². The van der Waals surface area contributed by atoms with Crippen molar-refractivity contribution in [1.82, 2.24) is 14.5 Å². The number of nitrogen functional groups attached to an aromatic ring is 1. The zero-order valence-electron chi connectivity index (χ0n) is 13.1. The second-order valence-corrected chi connectivity index (χ2v) is 6.38. The van der Waals surface area contributed by atoms with Gasteiger partial charge in [-0.25, -0.2) is 4.39 Å². The van der Waals surface area contributed by atoms with Crippen LogP contribution < -0.4 is 11.3 Å². The lowest BCUT2D eigenvalue weighted by Gasteiger charge is -2.26. The van der Waals surface area contributed by atoms with E-state index < -0.39 is 41.6 Å². The molecule has 1 unspecified atom stereocenters. The van der Waals surface area contributed by atoms with Gasteiger partial charge in [0.1, 0.15) is 18.9 Å². The maximum atomic E-state index is 12.5. The first kappa shape index (κ1) is 17.7. The van der Waals surface area contributed by atoms with Crippen LogP contribution in [0.5, 0.6) is 0 Å². The molecule has 1 fully saturated rings. The molecule has 5 N–H and O–H groups in total. The molecule has 2 aromatic rings. The molecule has 0 radical (unpaired) electrons. The second-order valence-electron chi connectivity index (χ2n) is 5.75. The zero-order valence-corrected chi connectivity index (χ0v) is 13.9. The Kier molecular flexibility index (Phi) is 4.47. The Balaban J connectivity index is 2.18. The normalized spacial score (nSPS) is 30.2. The highest BCUT2D eigenvalue weighted by Crippen LogP contribution is 2.45. The van der Waals surface area contributed by atoms with Crippen molar-refractivity contribution < 1.29 is 19.3 Å². The number of hydrogen-bond donors (Lipinski definition) is 4.